The zero-order valence-corrected chi connectivity index (χ0v) is 24.1. The van der Waals surface area contributed by atoms with Crippen molar-refractivity contribution in [3.8, 4) is 28.5 Å². The van der Waals surface area contributed by atoms with Crippen LogP contribution in [-0.4, -0.2) is 94.2 Å². The Labute approximate surface area is 235 Å². The highest BCUT2D eigenvalue weighted by molar-refractivity contribution is 7.89. The van der Waals surface area contributed by atoms with Crippen molar-refractivity contribution in [2.75, 3.05) is 53.5 Å². The van der Waals surface area contributed by atoms with Gasteiger partial charge in [0, 0.05) is 50.6 Å². The maximum absolute atomic E-state index is 13.1. The molecule has 3 aromatic rings. The zero-order chi connectivity index (χ0) is 28.3. The Balaban J connectivity index is 1.38. The molecular weight excluding hydrogens is 532 g/mol. The van der Waals surface area contributed by atoms with Gasteiger partial charge in [-0.1, -0.05) is 0 Å². The first-order valence-corrected chi connectivity index (χ1v) is 14.8. The lowest BCUT2D eigenvalue weighted by Crippen LogP contribution is -2.46. The summed E-state index contributed by atoms with van der Waals surface area (Å²) in [6.45, 7) is 7.38. The van der Waals surface area contributed by atoms with Crippen LogP contribution in [0.5, 0.6) is 17.2 Å². The zero-order valence-electron chi connectivity index (χ0n) is 23.3. The summed E-state index contributed by atoms with van der Waals surface area (Å²) >= 11 is 0. The van der Waals surface area contributed by atoms with E-state index < -0.39 is 10.0 Å². The summed E-state index contributed by atoms with van der Waals surface area (Å²) in [5.74, 6) is 2.28. The number of methoxy groups -OCH3 is 1. The Morgan fingerprint density at radius 3 is 2.38 bits per heavy atom. The summed E-state index contributed by atoms with van der Waals surface area (Å²) < 4.78 is 51.0. The highest BCUT2D eigenvalue weighted by Crippen LogP contribution is 2.33. The largest absolute Gasteiger partial charge is 0.488 e. The van der Waals surface area contributed by atoms with Gasteiger partial charge >= 0.3 is 0 Å². The van der Waals surface area contributed by atoms with Gasteiger partial charge in [-0.25, -0.2) is 13.4 Å². The SMILES string of the molecule is COCC(C)Oc1cc(Oc2ccc(S(=O)(=O)N3CCN(C)CC3)cc2)cc(-c2ccc(C3=NCC(C)O3)[nH]2)c1. The van der Waals surface area contributed by atoms with Gasteiger partial charge in [0.2, 0.25) is 15.9 Å². The third kappa shape index (κ3) is 6.49. The number of benzene rings is 2. The second-order valence-electron chi connectivity index (χ2n) is 10.2. The number of H-pyrrole nitrogens is 1. The van der Waals surface area contributed by atoms with Crippen molar-refractivity contribution in [1.29, 1.82) is 0 Å². The summed E-state index contributed by atoms with van der Waals surface area (Å²) in [5, 5.41) is 0. The minimum absolute atomic E-state index is 0.0590. The topological polar surface area (TPSA) is 106 Å². The molecular formula is C29H36N4O6S. The summed E-state index contributed by atoms with van der Waals surface area (Å²) in [4.78, 5) is 10.2. The monoisotopic (exact) mass is 568 g/mol. The lowest BCUT2D eigenvalue weighted by Gasteiger charge is -2.31. The van der Waals surface area contributed by atoms with Crippen molar-refractivity contribution in [1.82, 2.24) is 14.2 Å². The molecule has 0 amide bonds. The van der Waals surface area contributed by atoms with E-state index in [1.807, 2.05) is 45.2 Å². The number of aromatic nitrogens is 1. The van der Waals surface area contributed by atoms with E-state index in [-0.39, 0.29) is 17.1 Å². The van der Waals surface area contributed by atoms with Crippen molar-refractivity contribution in [2.24, 2.45) is 4.99 Å². The lowest BCUT2D eigenvalue weighted by atomic mass is 10.1. The van der Waals surface area contributed by atoms with E-state index >= 15 is 0 Å². The van der Waals surface area contributed by atoms with Crippen molar-refractivity contribution in [3.63, 3.8) is 0 Å². The minimum atomic E-state index is -3.56. The van der Waals surface area contributed by atoms with Gasteiger partial charge in [0.15, 0.2) is 0 Å². The normalized spacial score (nSPS) is 19.2. The Morgan fingerprint density at radius 1 is 1.00 bits per heavy atom. The molecule has 2 aliphatic rings. The molecule has 0 saturated carbocycles. The van der Waals surface area contributed by atoms with Crippen LogP contribution in [-0.2, 0) is 19.5 Å². The van der Waals surface area contributed by atoms with Crippen LogP contribution in [0.1, 0.15) is 19.5 Å². The van der Waals surface area contributed by atoms with Crippen LogP contribution in [0.4, 0.5) is 0 Å². The molecule has 2 aromatic carbocycles. The molecule has 2 atom stereocenters. The molecule has 0 bridgehead atoms. The molecule has 2 unspecified atom stereocenters. The maximum Gasteiger partial charge on any atom is 0.243 e. The number of piperazine rings is 1. The third-order valence-corrected chi connectivity index (χ3v) is 8.72. The first-order chi connectivity index (χ1) is 19.2. The molecule has 1 saturated heterocycles. The number of aliphatic imine (C=N–C) groups is 1. The summed E-state index contributed by atoms with van der Waals surface area (Å²) in [7, 11) is 0.0697. The number of aromatic amines is 1. The van der Waals surface area contributed by atoms with E-state index in [0.29, 0.717) is 62.5 Å². The Kier molecular flexibility index (Phi) is 8.46. The van der Waals surface area contributed by atoms with Crippen LogP contribution in [0.3, 0.4) is 0 Å². The predicted octanol–water partition coefficient (Wildman–Crippen LogP) is 3.99. The average Bonchev–Trinajstić information content (AvgIpc) is 3.59. The molecule has 10 nitrogen and oxygen atoms in total. The quantitative estimate of drug-likeness (QED) is 0.394. The van der Waals surface area contributed by atoms with Crippen LogP contribution < -0.4 is 9.47 Å². The van der Waals surface area contributed by atoms with Crippen LogP contribution in [0.2, 0.25) is 0 Å². The van der Waals surface area contributed by atoms with Crippen LogP contribution in [0, 0.1) is 0 Å². The van der Waals surface area contributed by atoms with Crippen molar-refractivity contribution in [2.45, 2.75) is 31.0 Å². The van der Waals surface area contributed by atoms with Crippen molar-refractivity contribution >= 4 is 15.9 Å². The smallest absolute Gasteiger partial charge is 0.243 e. The summed E-state index contributed by atoms with van der Waals surface area (Å²) in [5.41, 5.74) is 2.51. The van der Waals surface area contributed by atoms with E-state index in [1.165, 1.54) is 4.31 Å². The van der Waals surface area contributed by atoms with Gasteiger partial charge in [-0.15, -0.1) is 0 Å². The molecule has 40 heavy (non-hydrogen) atoms. The second-order valence-corrected chi connectivity index (χ2v) is 12.2. The van der Waals surface area contributed by atoms with Gasteiger partial charge in [0.1, 0.15) is 35.2 Å². The number of rotatable bonds is 10. The first kappa shape index (κ1) is 28.2. The number of hydrogen-bond donors (Lipinski definition) is 1. The van der Waals surface area contributed by atoms with Crippen molar-refractivity contribution < 1.29 is 27.4 Å². The second kappa shape index (κ2) is 12.0. The molecule has 2 aliphatic heterocycles. The third-order valence-electron chi connectivity index (χ3n) is 6.81. The number of likely N-dealkylation sites (N-methyl/N-ethyl adjacent to an activating group) is 1. The van der Waals surface area contributed by atoms with Crippen molar-refractivity contribution in [3.05, 3.63) is 60.3 Å². The van der Waals surface area contributed by atoms with E-state index in [4.69, 9.17) is 18.9 Å². The molecule has 3 heterocycles. The fourth-order valence-corrected chi connectivity index (χ4v) is 6.08. The average molecular weight is 569 g/mol. The molecule has 0 radical (unpaired) electrons. The van der Waals surface area contributed by atoms with E-state index in [0.717, 1.165) is 17.0 Å². The van der Waals surface area contributed by atoms with Crippen LogP contribution >= 0.6 is 0 Å². The van der Waals surface area contributed by atoms with E-state index in [1.54, 1.807) is 37.4 Å². The Bertz CT molecular complexity index is 1450. The van der Waals surface area contributed by atoms with Gasteiger partial charge in [-0.05, 0) is 69.4 Å². The summed E-state index contributed by atoms with van der Waals surface area (Å²) in [6, 6.07) is 16.1. The summed E-state index contributed by atoms with van der Waals surface area (Å²) in [6.07, 6.45) is -0.113. The first-order valence-electron chi connectivity index (χ1n) is 13.4. The maximum atomic E-state index is 13.1. The van der Waals surface area contributed by atoms with E-state index in [2.05, 4.69) is 14.9 Å². The molecule has 0 spiro atoms. The highest BCUT2D eigenvalue weighted by Gasteiger charge is 2.27. The molecule has 1 aromatic heterocycles. The van der Waals surface area contributed by atoms with Gasteiger partial charge in [0.25, 0.3) is 0 Å². The minimum Gasteiger partial charge on any atom is -0.488 e. The van der Waals surface area contributed by atoms with Gasteiger partial charge in [0.05, 0.1) is 18.0 Å². The molecule has 5 rings (SSSR count). The van der Waals surface area contributed by atoms with E-state index in [9.17, 15) is 8.42 Å². The molecule has 1 N–H and O–H groups in total. The van der Waals surface area contributed by atoms with Crippen LogP contribution in [0.25, 0.3) is 11.3 Å². The number of ether oxygens (including phenoxy) is 4. The fourth-order valence-electron chi connectivity index (χ4n) is 4.66. The molecule has 1 fully saturated rings. The fraction of sp³-hybridized carbons (Fsp3) is 0.414. The van der Waals surface area contributed by atoms with Gasteiger partial charge < -0.3 is 28.8 Å². The van der Waals surface area contributed by atoms with Gasteiger partial charge in [-0.2, -0.15) is 4.31 Å². The number of hydrogen-bond acceptors (Lipinski definition) is 8. The Morgan fingerprint density at radius 2 is 1.70 bits per heavy atom. The van der Waals surface area contributed by atoms with Gasteiger partial charge in [-0.3, -0.25) is 0 Å². The Hall–Kier alpha value is -3.38. The molecule has 214 valence electrons. The number of sulfonamides is 1. The van der Waals surface area contributed by atoms with Crippen LogP contribution in [0.15, 0.2) is 64.5 Å². The number of nitrogens with zero attached hydrogens (tertiary/aromatic N) is 3. The number of nitrogens with one attached hydrogen (secondary N) is 1. The molecule has 0 aliphatic carbocycles. The standard InChI is InChI=1S/C29H36N4O6S/c1-20-18-30-29(38-20)28-10-9-27(31-28)22-15-24(37-21(2)19-36-4)17-25(16-22)39-23-5-7-26(8-6-23)40(34,35)33-13-11-32(3)12-14-33/h5-10,15-17,20-21,31H,11-14,18-19H2,1-4H3. The predicted molar refractivity (Wildman–Crippen MR) is 153 cm³/mol. The highest BCUT2D eigenvalue weighted by atomic mass is 32.2. The lowest BCUT2D eigenvalue weighted by molar-refractivity contribution is 0.0920. The molecule has 11 heteroatoms.